The second-order valence-electron chi connectivity index (χ2n) is 4.79. The molecule has 2 rings (SSSR count). The molecule has 102 valence electrons. The fraction of sp³-hybridized carbons (Fsp3) is 0.533. The molecule has 1 unspecified atom stereocenters. The van der Waals surface area contributed by atoms with Gasteiger partial charge in [-0.3, -0.25) is 0 Å². The Morgan fingerprint density at radius 1 is 1.47 bits per heavy atom. The zero-order chi connectivity index (χ0) is 13.7. The predicted molar refractivity (Wildman–Crippen MR) is 79.1 cm³/mol. The van der Waals surface area contributed by atoms with E-state index >= 15 is 0 Å². The Morgan fingerprint density at radius 2 is 2.32 bits per heavy atom. The highest BCUT2D eigenvalue weighted by atomic mass is 32.2. The van der Waals surface area contributed by atoms with Crippen molar-refractivity contribution in [3.8, 4) is 6.07 Å². The molecule has 0 amide bonds. The SMILES string of the molecule is CCSC1CCCCN(c2ccc(F)cc2C#N)C1. The zero-order valence-electron chi connectivity index (χ0n) is 11.2. The molecule has 1 aliphatic heterocycles. The molecule has 1 fully saturated rings. The van der Waals surface area contributed by atoms with Gasteiger partial charge in [0.1, 0.15) is 11.9 Å². The van der Waals surface area contributed by atoms with Crippen molar-refractivity contribution in [2.24, 2.45) is 0 Å². The van der Waals surface area contributed by atoms with Gasteiger partial charge in [-0.25, -0.2) is 4.39 Å². The van der Waals surface area contributed by atoms with Crippen LogP contribution >= 0.6 is 11.8 Å². The van der Waals surface area contributed by atoms with Gasteiger partial charge in [-0.1, -0.05) is 13.3 Å². The minimum Gasteiger partial charge on any atom is -0.369 e. The van der Waals surface area contributed by atoms with E-state index in [9.17, 15) is 4.39 Å². The maximum atomic E-state index is 13.2. The molecule has 0 N–H and O–H groups in total. The molecule has 0 aromatic heterocycles. The van der Waals surface area contributed by atoms with Crippen LogP contribution in [-0.2, 0) is 0 Å². The largest absolute Gasteiger partial charge is 0.369 e. The van der Waals surface area contributed by atoms with Gasteiger partial charge in [0.05, 0.1) is 11.3 Å². The van der Waals surface area contributed by atoms with Crippen LogP contribution in [0.25, 0.3) is 0 Å². The number of anilines is 1. The Hall–Kier alpha value is -1.21. The van der Waals surface area contributed by atoms with Gasteiger partial charge in [0.25, 0.3) is 0 Å². The van der Waals surface area contributed by atoms with Crippen LogP contribution in [0.4, 0.5) is 10.1 Å². The molecule has 1 aromatic rings. The molecule has 4 heteroatoms. The van der Waals surface area contributed by atoms with E-state index in [1.807, 2.05) is 11.8 Å². The van der Waals surface area contributed by atoms with Crippen molar-refractivity contribution in [3.63, 3.8) is 0 Å². The lowest BCUT2D eigenvalue weighted by atomic mass is 10.1. The van der Waals surface area contributed by atoms with Crippen LogP contribution in [0.15, 0.2) is 18.2 Å². The number of hydrogen-bond acceptors (Lipinski definition) is 3. The summed E-state index contributed by atoms with van der Waals surface area (Å²) in [6.45, 7) is 4.10. The fourth-order valence-corrected chi connectivity index (χ4v) is 3.66. The molecule has 19 heavy (non-hydrogen) atoms. The summed E-state index contributed by atoms with van der Waals surface area (Å²) in [4.78, 5) is 2.25. The maximum Gasteiger partial charge on any atom is 0.124 e. The summed E-state index contributed by atoms with van der Waals surface area (Å²) in [7, 11) is 0. The molecule has 1 atom stereocenters. The van der Waals surface area contributed by atoms with E-state index in [2.05, 4.69) is 17.9 Å². The van der Waals surface area contributed by atoms with Crippen LogP contribution in [0.2, 0.25) is 0 Å². The van der Waals surface area contributed by atoms with E-state index < -0.39 is 0 Å². The lowest BCUT2D eigenvalue weighted by Crippen LogP contribution is -2.30. The Labute approximate surface area is 118 Å². The first-order valence-corrected chi connectivity index (χ1v) is 7.85. The number of hydrogen-bond donors (Lipinski definition) is 0. The van der Waals surface area contributed by atoms with Crippen molar-refractivity contribution in [2.75, 3.05) is 23.7 Å². The number of nitriles is 1. The summed E-state index contributed by atoms with van der Waals surface area (Å²) in [6, 6.07) is 6.64. The van der Waals surface area contributed by atoms with Crippen LogP contribution in [0, 0.1) is 17.1 Å². The monoisotopic (exact) mass is 278 g/mol. The first-order chi connectivity index (χ1) is 9.24. The molecule has 0 spiro atoms. The van der Waals surface area contributed by atoms with Gasteiger partial charge in [-0.15, -0.1) is 0 Å². The van der Waals surface area contributed by atoms with Crippen molar-refractivity contribution in [3.05, 3.63) is 29.6 Å². The van der Waals surface area contributed by atoms with Crippen molar-refractivity contribution in [2.45, 2.75) is 31.4 Å². The number of rotatable bonds is 3. The minimum absolute atomic E-state index is 0.338. The molecular formula is C15H19FN2S. The van der Waals surface area contributed by atoms with Crippen LogP contribution in [0.3, 0.4) is 0 Å². The average molecular weight is 278 g/mol. The Balaban J connectivity index is 2.22. The van der Waals surface area contributed by atoms with E-state index in [0.29, 0.717) is 10.8 Å². The fourth-order valence-electron chi connectivity index (χ4n) is 2.57. The molecule has 0 bridgehead atoms. The van der Waals surface area contributed by atoms with Crippen molar-refractivity contribution < 1.29 is 4.39 Å². The smallest absolute Gasteiger partial charge is 0.124 e. The van der Waals surface area contributed by atoms with Crippen molar-refractivity contribution >= 4 is 17.4 Å². The van der Waals surface area contributed by atoms with Gasteiger partial charge in [-0.2, -0.15) is 17.0 Å². The van der Waals surface area contributed by atoms with Crippen LogP contribution in [0.1, 0.15) is 31.7 Å². The van der Waals surface area contributed by atoms with Gasteiger partial charge < -0.3 is 4.90 Å². The molecule has 2 nitrogen and oxygen atoms in total. The second-order valence-corrected chi connectivity index (χ2v) is 6.37. The summed E-state index contributed by atoms with van der Waals surface area (Å²) < 4.78 is 13.2. The van der Waals surface area contributed by atoms with E-state index in [1.54, 1.807) is 6.07 Å². The molecule has 1 aliphatic rings. The zero-order valence-corrected chi connectivity index (χ0v) is 12.0. The summed E-state index contributed by atoms with van der Waals surface area (Å²) in [5.74, 6) is 0.780. The number of thioether (sulfide) groups is 1. The quantitative estimate of drug-likeness (QED) is 0.841. The predicted octanol–water partition coefficient (Wildman–Crippen LogP) is 3.81. The van der Waals surface area contributed by atoms with Crippen LogP contribution < -0.4 is 4.90 Å². The molecule has 0 saturated carbocycles. The topological polar surface area (TPSA) is 27.0 Å². The van der Waals surface area contributed by atoms with E-state index in [4.69, 9.17) is 5.26 Å². The van der Waals surface area contributed by atoms with Crippen LogP contribution in [0.5, 0.6) is 0 Å². The summed E-state index contributed by atoms with van der Waals surface area (Å²) in [6.07, 6.45) is 3.61. The third kappa shape index (κ3) is 3.63. The minimum atomic E-state index is -0.338. The Kier molecular flexibility index (Phi) is 5.09. The lowest BCUT2D eigenvalue weighted by Gasteiger charge is -2.27. The second kappa shape index (κ2) is 6.81. The van der Waals surface area contributed by atoms with Gasteiger partial charge >= 0.3 is 0 Å². The van der Waals surface area contributed by atoms with E-state index in [0.717, 1.165) is 31.0 Å². The third-order valence-electron chi connectivity index (χ3n) is 3.45. The Bertz CT molecular complexity index is 470. The number of halogens is 1. The van der Waals surface area contributed by atoms with Crippen molar-refractivity contribution in [1.29, 1.82) is 5.26 Å². The molecule has 0 aliphatic carbocycles. The highest BCUT2D eigenvalue weighted by molar-refractivity contribution is 7.99. The highest BCUT2D eigenvalue weighted by Gasteiger charge is 2.20. The van der Waals surface area contributed by atoms with E-state index in [1.165, 1.54) is 25.0 Å². The van der Waals surface area contributed by atoms with Gasteiger partial charge in [-0.05, 0) is 36.8 Å². The number of nitrogens with zero attached hydrogens (tertiary/aromatic N) is 2. The summed E-state index contributed by atoms with van der Waals surface area (Å²) in [5, 5.41) is 9.78. The average Bonchev–Trinajstić information content (AvgIpc) is 2.64. The molecule has 1 aromatic carbocycles. The van der Waals surface area contributed by atoms with E-state index in [-0.39, 0.29) is 5.82 Å². The van der Waals surface area contributed by atoms with Gasteiger partial charge in [0, 0.05) is 18.3 Å². The first kappa shape index (κ1) is 14.2. The highest BCUT2D eigenvalue weighted by Crippen LogP contribution is 2.28. The molecule has 0 radical (unpaired) electrons. The molecular weight excluding hydrogens is 259 g/mol. The Morgan fingerprint density at radius 3 is 3.05 bits per heavy atom. The third-order valence-corrected chi connectivity index (χ3v) is 4.64. The molecule has 1 heterocycles. The van der Waals surface area contributed by atoms with Gasteiger partial charge in [0.2, 0.25) is 0 Å². The summed E-state index contributed by atoms with van der Waals surface area (Å²) in [5.41, 5.74) is 1.33. The van der Waals surface area contributed by atoms with Crippen LogP contribution in [-0.4, -0.2) is 24.1 Å². The normalized spacial score (nSPS) is 19.8. The maximum absolute atomic E-state index is 13.2. The molecule has 1 saturated heterocycles. The standard InChI is InChI=1S/C15H19FN2S/c1-2-19-14-5-3-4-8-18(11-14)15-7-6-13(16)9-12(15)10-17/h6-7,9,14H,2-5,8,11H2,1H3. The lowest BCUT2D eigenvalue weighted by molar-refractivity contribution is 0.627. The van der Waals surface area contributed by atoms with Crippen molar-refractivity contribution in [1.82, 2.24) is 0 Å². The van der Waals surface area contributed by atoms with Gasteiger partial charge in [0.15, 0.2) is 0 Å². The first-order valence-electron chi connectivity index (χ1n) is 6.80. The number of benzene rings is 1. The summed E-state index contributed by atoms with van der Waals surface area (Å²) >= 11 is 1.98.